The fourth-order valence-electron chi connectivity index (χ4n) is 1.44. The van der Waals surface area contributed by atoms with Crippen LogP contribution in [0, 0.1) is 11.3 Å². The second-order valence-corrected chi connectivity index (χ2v) is 3.86. The molecule has 0 atom stereocenters. The van der Waals surface area contributed by atoms with Crippen molar-refractivity contribution in [3.8, 4) is 11.8 Å². The number of benzene rings is 1. The summed E-state index contributed by atoms with van der Waals surface area (Å²) in [6, 6.07) is 9.47. The zero-order valence-corrected chi connectivity index (χ0v) is 10.5. The standard InChI is InChI=1S/C14H17NO3/c1-17-14(16)11-12-5-7-13(8-6-12)18-10-4-2-3-9-15/h5-8H,2-4,10-11H2,1H3. The van der Waals surface area contributed by atoms with Crippen molar-refractivity contribution in [2.75, 3.05) is 13.7 Å². The highest BCUT2D eigenvalue weighted by Crippen LogP contribution is 2.13. The van der Waals surface area contributed by atoms with E-state index < -0.39 is 0 Å². The Kier molecular flexibility index (Phi) is 6.34. The molecule has 0 aromatic heterocycles. The minimum atomic E-state index is -0.250. The maximum Gasteiger partial charge on any atom is 0.309 e. The molecule has 0 bridgehead atoms. The molecule has 18 heavy (non-hydrogen) atoms. The van der Waals surface area contributed by atoms with E-state index in [-0.39, 0.29) is 12.4 Å². The molecule has 0 saturated carbocycles. The third-order valence-electron chi connectivity index (χ3n) is 2.45. The molecule has 1 aromatic rings. The van der Waals surface area contributed by atoms with E-state index in [0.29, 0.717) is 13.0 Å². The Morgan fingerprint density at radius 2 is 2.00 bits per heavy atom. The van der Waals surface area contributed by atoms with E-state index in [1.807, 2.05) is 24.3 Å². The molecule has 0 N–H and O–H groups in total. The lowest BCUT2D eigenvalue weighted by Crippen LogP contribution is -2.04. The minimum absolute atomic E-state index is 0.250. The van der Waals surface area contributed by atoms with Gasteiger partial charge in [-0.2, -0.15) is 5.26 Å². The zero-order valence-electron chi connectivity index (χ0n) is 10.5. The molecule has 0 spiro atoms. The highest BCUT2D eigenvalue weighted by Gasteiger charge is 2.02. The van der Waals surface area contributed by atoms with Gasteiger partial charge in [-0.3, -0.25) is 4.79 Å². The van der Waals surface area contributed by atoms with Crippen LogP contribution in [0.5, 0.6) is 5.75 Å². The van der Waals surface area contributed by atoms with E-state index in [1.165, 1.54) is 7.11 Å². The fraction of sp³-hybridized carbons (Fsp3) is 0.429. The molecule has 4 heteroatoms. The van der Waals surface area contributed by atoms with Crippen LogP contribution in [0.15, 0.2) is 24.3 Å². The first-order chi connectivity index (χ1) is 8.76. The molecule has 96 valence electrons. The average Bonchev–Trinajstić information content (AvgIpc) is 2.40. The van der Waals surface area contributed by atoms with Crippen LogP contribution in [0.2, 0.25) is 0 Å². The summed E-state index contributed by atoms with van der Waals surface area (Å²) in [5.74, 6) is 0.528. The Labute approximate surface area is 107 Å². The molecule has 1 aromatic carbocycles. The maximum atomic E-state index is 11.1. The van der Waals surface area contributed by atoms with Crippen molar-refractivity contribution in [1.82, 2.24) is 0 Å². The van der Waals surface area contributed by atoms with Crippen molar-refractivity contribution < 1.29 is 14.3 Å². The number of nitriles is 1. The maximum absolute atomic E-state index is 11.1. The molecular weight excluding hydrogens is 230 g/mol. The predicted octanol–water partition coefficient (Wildman–Crippen LogP) is 2.47. The van der Waals surface area contributed by atoms with E-state index in [1.54, 1.807) is 0 Å². The van der Waals surface area contributed by atoms with E-state index in [0.717, 1.165) is 24.2 Å². The minimum Gasteiger partial charge on any atom is -0.494 e. The van der Waals surface area contributed by atoms with Crippen LogP contribution in [0.4, 0.5) is 0 Å². The van der Waals surface area contributed by atoms with Gasteiger partial charge >= 0.3 is 5.97 Å². The summed E-state index contributed by atoms with van der Waals surface area (Å²) in [6.45, 7) is 0.609. The third-order valence-corrected chi connectivity index (χ3v) is 2.45. The lowest BCUT2D eigenvalue weighted by atomic mass is 10.1. The van der Waals surface area contributed by atoms with Gasteiger partial charge in [-0.1, -0.05) is 12.1 Å². The smallest absolute Gasteiger partial charge is 0.309 e. The highest BCUT2D eigenvalue weighted by molar-refractivity contribution is 5.72. The van der Waals surface area contributed by atoms with Gasteiger partial charge in [0, 0.05) is 6.42 Å². The van der Waals surface area contributed by atoms with Gasteiger partial charge in [0.1, 0.15) is 5.75 Å². The van der Waals surface area contributed by atoms with Gasteiger partial charge in [0.15, 0.2) is 0 Å². The molecule has 1 rings (SSSR count). The van der Waals surface area contributed by atoms with Crippen LogP contribution in [-0.4, -0.2) is 19.7 Å². The summed E-state index contributed by atoms with van der Waals surface area (Å²) in [6.07, 6.45) is 2.58. The number of esters is 1. The van der Waals surface area contributed by atoms with Crippen molar-refractivity contribution in [1.29, 1.82) is 5.26 Å². The first-order valence-electron chi connectivity index (χ1n) is 5.91. The Balaban J connectivity index is 2.32. The van der Waals surface area contributed by atoms with Crippen LogP contribution >= 0.6 is 0 Å². The number of hydrogen-bond acceptors (Lipinski definition) is 4. The molecule has 4 nitrogen and oxygen atoms in total. The van der Waals surface area contributed by atoms with Crippen LogP contribution in [-0.2, 0) is 16.0 Å². The van der Waals surface area contributed by atoms with Gasteiger partial charge in [-0.25, -0.2) is 0 Å². The fourth-order valence-corrected chi connectivity index (χ4v) is 1.44. The van der Waals surface area contributed by atoms with E-state index >= 15 is 0 Å². The lowest BCUT2D eigenvalue weighted by Gasteiger charge is -2.06. The molecule has 0 unspecified atom stereocenters. The monoisotopic (exact) mass is 247 g/mol. The number of carbonyl (C=O) groups is 1. The molecule has 0 fully saturated rings. The van der Waals surface area contributed by atoms with Crippen molar-refractivity contribution in [3.63, 3.8) is 0 Å². The van der Waals surface area contributed by atoms with Crippen molar-refractivity contribution >= 4 is 5.97 Å². The van der Waals surface area contributed by atoms with Crippen LogP contribution in [0.1, 0.15) is 24.8 Å². The largest absolute Gasteiger partial charge is 0.494 e. The third kappa shape index (κ3) is 5.35. The molecule has 0 aliphatic carbocycles. The lowest BCUT2D eigenvalue weighted by molar-refractivity contribution is -0.139. The SMILES string of the molecule is COC(=O)Cc1ccc(OCCCCC#N)cc1. The zero-order chi connectivity index (χ0) is 13.2. The highest BCUT2D eigenvalue weighted by atomic mass is 16.5. The van der Waals surface area contributed by atoms with Crippen molar-refractivity contribution in [2.24, 2.45) is 0 Å². The average molecular weight is 247 g/mol. The van der Waals surface area contributed by atoms with Gasteiger partial charge in [-0.15, -0.1) is 0 Å². The van der Waals surface area contributed by atoms with Gasteiger partial charge in [0.05, 0.1) is 26.2 Å². The number of carbonyl (C=O) groups excluding carboxylic acids is 1. The first-order valence-corrected chi connectivity index (χ1v) is 5.91. The Morgan fingerprint density at radius 3 is 2.61 bits per heavy atom. The molecule has 0 radical (unpaired) electrons. The second-order valence-electron chi connectivity index (χ2n) is 3.86. The second kappa shape index (κ2) is 8.13. The number of methoxy groups -OCH3 is 1. The van der Waals surface area contributed by atoms with Crippen LogP contribution in [0.3, 0.4) is 0 Å². The van der Waals surface area contributed by atoms with E-state index in [2.05, 4.69) is 10.8 Å². The first kappa shape index (κ1) is 14.0. The predicted molar refractivity (Wildman–Crippen MR) is 67.1 cm³/mol. The Bertz CT molecular complexity index is 406. The summed E-state index contributed by atoms with van der Waals surface area (Å²) in [5, 5.41) is 8.38. The molecule has 0 saturated heterocycles. The van der Waals surface area contributed by atoms with Gasteiger partial charge in [-0.05, 0) is 30.5 Å². The summed E-state index contributed by atoms with van der Waals surface area (Å²) in [4.78, 5) is 11.1. The molecular formula is C14H17NO3. The van der Waals surface area contributed by atoms with Gasteiger partial charge in [0.2, 0.25) is 0 Å². The van der Waals surface area contributed by atoms with Crippen LogP contribution in [0.25, 0.3) is 0 Å². The summed E-state index contributed by atoms with van der Waals surface area (Å²) < 4.78 is 10.1. The normalized spacial score (nSPS) is 9.56. The van der Waals surface area contributed by atoms with E-state index in [9.17, 15) is 4.79 Å². The number of ether oxygens (including phenoxy) is 2. The van der Waals surface area contributed by atoms with Crippen LogP contribution < -0.4 is 4.74 Å². The Morgan fingerprint density at radius 1 is 1.28 bits per heavy atom. The molecule has 0 aliphatic heterocycles. The van der Waals surface area contributed by atoms with Gasteiger partial charge < -0.3 is 9.47 Å². The topological polar surface area (TPSA) is 59.3 Å². The number of unbranched alkanes of at least 4 members (excludes halogenated alkanes) is 2. The van der Waals surface area contributed by atoms with Crippen molar-refractivity contribution in [2.45, 2.75) is 25.7 Å². The molecule has 0 aliphatic rings. The van der Waals surface area contributed by atoms with Gasteiger partial charge in [0.25, 0.3) is 0 Å². The van der Waals surface area contributed by atoms with Crippen molar-refractivity contribution in [3.05, 3.63) is 29.8 Å². The number of rotatable bonds is 7. The number of nitrogens with zero attached hydrogens (tertiary/aromatic N) is 1. The molecule has 0 heterocycles. The number of hydrogen-bond donors (Lipinski definition) is 0. The summed E-state index contributed by atoms with van der Waals surface area (Å²) >= 11 is 0. The van der Waals surface area contributed by atoms with E-state index in [4.69, 9.17) is 10.00 Å². The summed E-state index contributed by atoms with van der Waals surface area (Å²) in [5.41, 5.74) is 0.902. The molecule has 0 amide bonds. The summed E-state index contributed by atoms with van der Waals surface area (Å²) in [7, 11) is 1.38. The quantitative estimate of drug-likeness (QED) is 0.548. The Hall–Kier alpha value is -2.02.